The van der Waals surface area contributed by atoms with Crippen LogP contribution >= 0.6 is 0 Å². The first-order valence-corrected chi connectivity index (χ1v) is 21.1. The van der Waals surface area contributed by atoms with Gasteiger partial charge in [0.1, 0.15) is 23.8 Å². The molecule has 0 spiro atoms. The van der Waals surface area contributed by atoms with Crippen LogP contribution in [0, 0.1) is 90.0 Å². The van der Waals surface area contributed by atoms with Crippen LogP contribution in [0.1, 0.15) is 143 Å². The molecular weight excluding hydrogens is 727 g/mol. The zero-order chi connectivity index (χ0) is 46.8. The third-order valence-corrected chi connectivity index (χ3v) is 6.11. The van der Waals surface area contributed by atoms with E-state index >= 15 is 0 Å². The molecule has 0 saturated carbocycles. The molecule has 0 bridgehead atoms. The molecule has 328 valence electrons. The summed E-state index contributed by atoms with van der Waals surface area (Å²) in [5, 5.41) is 0. The van der Waals surface area contributed by atoms with Crippen molar-refractivity contribution in [2.45, 2.75) is 159 Å². The average molecular weight is 810 g/mol. The van der Waals surface area contributed by atoms with E-state index < -0.39 is 0 Å². The molecule has 0 unspecified atom stereocenters. The molecule has 9 nitrogen and oxygen atoms in total. The van der Waals surface area contributed by atoms with Crippen molar-refractivity contribution < 1.29 is 0 Å². The molecule has 0 saturated heterocycles. The molecule has 0 aliphatic heterocycles. The SMILES string of the molecule is CC.CC.CC.CC.CC.Cc1cc(C)ncn1.Cc1ccc(C)nc1.Cc1ccc(C)nc1.Cc1cccc(C)n1.Cc1ccnc(C)c1.Cc1nc(C)nc(C)n1. The van der Waals surface area contributed by atoms with E-state index in [1.54, 1.807) is 6.33 Å². The van der Waals surface area contributed by atoms with Gasteiger partial charge in [0.15, 0.2) is 0 Å². The van der Waals surface area contributed by atoms with Crippen LogP contribution in [-0.2, 0) is 0 Å². The second kappa shape index (κ2) is 43.8. The lowest BCUT2D eigenvalue weighted by molar-refractivity contribution is 0.875. The van der Waals surface area contributed by atoms with Crippen molar-refractivity contribution in [3.63, 3.8) is 0 Å². The Bertz CT molecular complexity index is 1500. The Hall–Kier alpha value is -5.31. The van der Waals surface area contributed by atoms with Crippen LogP contribution < -0.4 is 0 Å². The van der Waals surface area contributed by atoms with Crippen LogP contribution in [0.2, 0.25) is 0 Å². The molecule has 0 atom stereocenters. The summed E-state index contributed by atoms with van der Waals surface area (Å²) >= 11 is 0. The van der Waals surface area contributed by atoms with Crippen LogP contribution in [0.3, 0.4) is 0 Å². The van der Waals surface area contributed by atoms with Gasteiger partial charge in [-0.25, -0.2) is 24.9 Å². The zero-order valence-corrected chi connectivity index (χ0v) is 41.6. The molecule has 6 aromatic rings. The second-order valence-electron chi connectivity index (χ2n) is 11.6. The molecule has 0 aliphatic rings. The topological polar surface area (TPSA) is 116 Å². The van der Waals surface area contributed by atoms with Gasteiger partial charge in [0.05, 0.1) is 0 Å². The largest absolute Gasteiger partial charge is 0.262 e. The standard InChI is InChI=1S/4C7H9N.C6H9N3.C6H8N2.5C2H6/c1-6-3-4-8-7(2)5-6;2*1-6-3-4-7(2)8-5-6;1-6-4-3-5-7(2)8-6;1-4-7-5(2)9-6(3)8-4;1-5-3-6(2)8-4-7-5;5*1-2/h4*3-5H,1-2H3;1-3H3;3-4H,1-2H3;5*1-2H3. The third kappa shape index (κ3) is 42.1. The van der Waals surface area contributed by atoms with E-state index in [0.717, 1.165) is 57.3 Å². The van der Waals surface area contributed by atoms with Crippen molar-refractivity contribution in [3.05, 3.63) is 160 Å². The van der Waals surface area contributed by atoms with Crippen LogP contribution in [0.25, 0.3) is 0 Å². The summed E-state index contributed by atoms with van der Waals surface area (Å²) in [6.07, 6.45) is 7.14. The monoisotopic (exact) mass is 810 g/mol. The summed E-state index contributed by atoms with van der Waals surface area (Å²) in [7, 11) is 0. The molecule has 6 aromatic heterocycles. The minimum absolute atomic E-state index is 0.792. The molecule has 0 N–H and O–H groups in total. The summed E-state index contributed by atoms with van der Waals surface area (Å²) in [6, 6.07) is 20.1. The fourth-order valence-electron chi connectivity index (χ4n) is 3.82. The molecule has 0 aliphatic carbocycles. The third-order valence-electron chi connectivity index (χ3n) is 6.11. The number of hydrogen-bond donors (Lipinski definition) is 0. The van der Waals surface area contributed by atoms with E-state index in [9.17, 15) is 0 Å². The maximum absolute atomic E-state index is 4.17. The number of hydrogen-bond acceptors (Lipinski definition) is 9. The first kappa shape index (κ1) is 62.9. The van der Waals surface area contributed by atoms with Gasteiger partial charge in [0.2, 0.25) is 0 Å². The molecule has 59 heavy (non-hydrogen) atoms. The first-order valence-electron chi connectivity index (χ1n) is 21.1. The van der Waals surface area contributed by atoms with Gasteiger partial charge in [0, 0.05) is 58.4 Å². The van der Waals surface area contributed by atoms with Crippen LogP contribution in [-0.4, -0.2) is 44.9 Å². The van der Waals surface area contributed by atoms with Gasteiger partial charge in [-0.2, -0.15) is 0 Å². The van der Waals surface area contributed by atoms with E-state index in [1.165, 1.54) is 16.7 Å². The smallest absolute Gasteiger partial charge is 0.129 e. The van der Waals surface area contributed by atoms with Gasteiger partial charge in [-0.3, -0.25) is 19.9 Å². The fourth-order valence-corrected chi connectivity index (χ4v) is 3.82. The Morgan fingerprint density at radius 1 is 0.288 bits per heavy atom. The Morgan fingerprint density at radius 3 is 0.847 bits per heavy atom. The maximum Gasteiger partial charge on any atom is 0.129 e. The van der Waals surface area contributed by atoms with E-state index in [4.69, 9.17) is 0 Å². The summed E-state index contributed by atoms with van der Waals surface area (Å²) in [5.74, 6) is 2.38. The molecular formula is C50H83N9. The Labute approximate surface area is 362 Å². The van der Waals surface area contributed by atoms with Gasteiger partial charge in [0.25, 0.3) is 0 Å². The van der Waals surface area contributed by atoms with Crippen LogP contribution in [0.4, 0.5) is 0 Å². The highest BCUT2D eigenvalue weighted by Gasteiger charge is 1.92. The van der Waals surface area contributed by atoms with Crippen LogP contribution in [0.5, 0.6) is 0 Å². The Balaban J connectivity index is -0.000000189. The minimum Gasteiger partial charge on any atom is -0.262 e. The zero-order valence-electron chi connectivity index (χ0n) is 41.6. The molecule has 0 radical (unpaired) electrons. The first-order chi connectivity index (χ1) is 28.1. The van der Waals surface area contributed by atoms with Crippen molar-refractivity contribution in [2.24, 2.45) is 0 Å². The van der Waals surface area contributed by atoms with Crippen molar-refractivity contribution in [1.82, 2.24) is 44.9 Å². The van der Waals surface area contributed by atoms with Crippen molar-refractivity contribution in [2.75, 3.05) is 0 Å². The molecule has 6 rings (SSSR count). The number of aromatic nitrogens is 9. The highest BCUT2D eigenvalue weighted by Crippen LogP contribution is 1.97. The lowest BCUT2D eigenvalue weighted by atomic mass is 10.3. The van der Waals surface area contributed by atoms with Gasteiger partial charge in [-0.05, 0) is 149 Å². The molecule has 0 aromatic carbocycles. The van der Waals surface area contributed by atoms with E-state index in [-0.39, 0.29) is 0 Å². The Kier molecular flexibility index (Phi) is 46.7. The minimum atomic E-state index is 0.792. The Morgan fingerprint density at radius 2 is 0.644 bits per heavy atom. The number of nitrogens with zero attached hydrogens (tertiary/aromatic N) is 9. The summed E-state index contributed by atoms with van der Waals surface area (Å²) in [5.41, 5.74) is 11.2. The van der Waals surface area contributed by atoms with Crippen molar-refractivity contribution in [3.8, 4) is 0 Å². The number of aryl methyl sites for hydroxylation is 13. The second-order valence-corrected chi connectivity index (χ2v) is 11.6. The lowest BCUT2D eigenvalue weighted by Crippen LogP contribution is -1.97. The highest BCUT2D eigenvalue weighted by molar-refractivity contribution is 5.13. The average Bonchev–Trinajstić information content (AvgIpc) is 3.21. The van der Waals surface area contributed by atoms with Gasteiger partial charge >= 0.3 is 0 Å². The summed E-state index contributed by atoms with van der Waals surface area (Å²) in [6.45, 7) is 45.6. The van der Waals surface area contributed by atoms with E-state index in [1.807, 2.05) is 213 Å². The predicted octanol–water partition coefficient (Wildman–Crippen LogP) is 13.8. The van der Waals surface area contributed by atoms with E-state index in [2.05, 4.69) is 70.0 Å². The van der Waals surface area contributed by atoms with Crippen molar-refractivity contribution >= 4 is 0 Å². The van der Waals surface area contributed by atoms with Crippen LogP contribution in [0.15, 0.2) is 85.6 Å². The highest BCUT2D eigenvalue weighted by atomic mass is 15.0. The quantitative estimate of drug-likeness (QED) is 0.148. The maximum atomic E-state index is 4.17. The van der Waals surface area contributed by atoms with Gasteiger partial charge in [-0.1, -0.05) is 87.4 Å². The van der Waals surface area contributed by atoms with Crippen molar-refractivity contribution in [1.29, 1.82) is 0 Å². The summed E-state index contributed by atoms with van der Waals surface area (Å²) in [4.78, 5) is 36.3. The summed E-state index contributed by atoms with van der Waals surface area (Å²) < 4.78 is 0. The number of pyridine rings is 4. The fraction of sp³-hybridized carbons (Fsp3) is 0.460. The normalized spacial score (nSPS) is 8.25. The van der Waals surface area contributed by atoms with E-state index in [0.29, 0.717) is 0 Å². The molecule has 6 heterocycles. The molecule has 9 heteroatoms. The van der Waals surface area contributed by atoms with Gasteiger partial charge in [-0.15, -0.1) is 0 Å². The lowest BCUT2D eigenvalue weighted by Gasteiger charge is -1.94. The number of rotatable bonds is 0. The molecule has 0 fully saturated rings. The van der Waals surface area contributed by atoms with Gasteiger partial charge < -0.3 is 0 Å². The molecule has 0 amide bonds. The predicted molar refractivity (Wildman–Crippen MR) is 257 cm³/mol.